The highest BCUT2D eigenvalue weighted by molar-refractivity contribution is 9.10. The molecule has 0 radical (unpaired) electrons. The Morgan fingerprint density at radius 1 is 1.05 bits per heavy atom. The first-order valence-electron chi connectivity index (χ1n) is 6.42. The Morgan fingerprint density at radius 3 is 2.14 bits per heavy atom. The Hall–Kier alpha value is -1.53. The number of sulfonamides is 1. The molecular formula is C15H16BrNO3S. The van der Waals surface area contributed by atoms with E-state index in [9.17, 15) is 8.42 Å². The van der Waals surface area contributed by atoms with E-state index in [2.05, 4.69) is 15.9 Å². The lowest BCUT2D eigenvalue weighted by molar-refractivity contribution is 0.340. The summed E-state index contributed by atoms with van der Waals surface area (Å²) in [7, 11) is -2.03. The van der Waals surface area contributed by atoms with Crippen molar-refractivity contribution in [3.05, 3.63) is 53.0 Å². The van der Waals surface area contributed by atoms with Crippen molar-refractivity contribution < 1.29 is 13.2 Å². The molecule has 0 aromatic heterocycles. The molecule has 6 heteroatoms. The van der Waals surface area contributed by atoms with Crippen LogP contribution in [0.3, 0.4) is 0 Å². The molecule has 2 aromatic rings. The molecule has 0 spiro atoms. The molecule has 0 amide bonds. The van der Waals surface area contributed by atoms with Crippen LogP contribution >= 0.6 is 15.9 Å². The third kappa shape index (κ3) is 3.57. The van der Waals surface area contributed by atoms with Gasteiger partial charge in [-0.25, -0.2) is 8.42 Å². The summed E-state index contributed by atoms with van der Waals surface area (Å²) in [5.41, 5.74) is 0.585. The number of anilines is 1. The summed E-state index contributed by atoms with van der Waals surface area (Å²) in [6.45, 7) is 2.48. The smallest absolute Gasteiger partial charge is 0.264 e. The van der Waals surface area contributed by atoms with E-state index in [4.69, 9.17) is 4.74 Å². The van der Waals surface area contributed by atoms with Crippen LogP contribution in [-0.2, 0) is 10.0 Å². The van der Waals surface area contributed by atoms with Gasteiger partial charge in [-0.05, 0) is 55.5 Å². The summed E-state index contributed by atoms with van der Waals surface area (Å²) in [4.78, 5) is 0.252. The molecule has 0 atom stereocenters. The van der Waals surface area contributed by atoms with Crippen LogP contribution in [-0.4, -0.2) is 22.1 Å². The molecule has 0 bridgehead atoms. The van der Waals surface area contributed by atoms with Gasteiger partial charge < -0.3 is 4.74 Å². The third-order valence-corrected chi connectivity index (χ3v) is 5.31. The summed E-state index contributed by atoms with van der Waals surface area (Å²) < 4.78 is 32.5. The third-order valence-electron chi connectivity index (χ3n) is 2.98. The summed E-state index contributed by atoms with van der Waals surface area (Å²) >= 11 is 3.29. The zero-order chi connectivity index (χ0) is 15.5. The van der Waals surface area contributed by atoms with Crippen molar-refractivity contribution in [2.75, 3.05) is 18.0 Å². The van der Waals surface area contributed by atoms with E-state index in [1.54, 1.807) is 48.5 Å². The van der Waals surface area contributed by atoms with Gasteiger partial charge in [-0.15, -0.1) is 0 Å². The average Bonchev–Trinajstić information content (AvgIpc) is 2.48. The van der Waals surface area contributed by atoms with Gasteiger partial charge in [-0.3, -0.25) is 4.31 Å². The van der Waals surface area contributed by atoms with Crippen LogP contribution in [0.5, 0.6) is 5.75 Å². The van der Waals surface area contributed by atoms with Gasteiger partial charge in [0.2, 0.25) is 0 Å². The largest absolute Gasteiger partial charge is 0.494 e. The summed E-state index contributed by atoms with van der Waals surface area (Å²) in [6, 6.07) is 13.5. The molecular weight excluding hydrogens is 354 g/mol. The molecule has 0 saturated heterocycles. The van der Waals surface area contributed by atoms with Crippen LogP contribution in [0.15, 0.2) is 57.9 Å². The standard InChI is InChI=1S/C15H16BrNO3S/c1-3-20-14-8-6-13(7-9-14)17(2)21(18,19)15-10-4-12(16)5-11-15/h4-11H,3H2,1-2H3. The molecule has 0 aliphatic rings. The van der Waals surface area contributed by atoms with Gasteiger partial charge in [0.25, 0.3) is 10.0 Å². The van der Waals surface area contributed by atoms with E-state index in [0.29, 0.717) is 12.3 Å². The second-order valence-corrected chi connectivity index (χ2v) is 7.24. The van der Waals surface area contributed by atoms with Crippen molar-refractivity contribution >= 4 is 31.6 Å². The lowest BCUT2D eigenvalue weighted by Gasteiger charge is -2.19. The maximum atomic E-state index is 12.5. The minimum atomic E-state index is -3.56. The Labute approximate surface area is 133 Å². The van der Waals surface area contributed by atoms with Crippen LogP contribution in [0, 0.1) is 0 Å². The van der Waals surface area contributed by atoms with Crippen LogP contribution in [0.2, 0.25) is 0 Å². The molecule has 0 aliphatic heterocycles. The predicted octanol–water partition coefficient (Wildman–Crippen LogP) is 3.67. The molecule has 0 saturated carbocycles. The lowest BCUT2D eigenvalue weighted by Crippen LogP contribution is -2.26. The summed E-state index contributed by atoms with van der Waals surface area (Å²) in [5, 5.41) is 0. The maximum absolute atomic E-state index is 12.5. The number of hydrogen-bond acceptors (Lipinski definition) is 3. The molecule has 112 valence electrons. The summed E-state index contributed by atoms with van der Waals surface area (Å²) in [6.07, 6.45) is 0. The molecule has 2 rings (SSSR count). The van der Waals surface area contributed by atoms with Crippen molar-refractivity contribution in [1.82, 2.24) is 0 Å². The fourth-order valence-corrected chi connectivity index (χ4v) is 3.28. The van der Waals surface area contributed by atoms with Gasteiger partial charge in [-0.1, -0.05) is 15.9 Å². The molecule has 2 aromatic carbocycles. The number of rotatable bonds is 5. The first-order chi connectivity index (χ1) is 9.95. The van der Waals surface area contributed by atoms with Gasteiger partial charge >= 0.3 is 0 Å². The van der Waals surface area contributed by atoms with Gasteiger partial charge in [0.15, 0.2) is 0 Å². The SMILES string of the molecule is CCOc1ccc(N(C)S(=O)(=O)c2ccc(Br)cc2)cc1. The lowest BCUT2D eigenvalue weighted by atomic mass is 10.3. The second kappa shape index (κ2) is 6.49. The number of ether oxygens (including phenoxy) is 1. The van der Waals surface area contributed by atoms with Crippen LogP contribution < -0.4 is 9.04 Å². The fourth-order valence-electron chi connectivity index (χ4n) is 1.82. The first kappa shape index (κ1) is 15.9. The minimum absolute atomic E-state index is 0.252. The molecule has 21 heavy (non-hydrogen) atoms. The molecule has 0 fully saturated rings. The zero-order valence-corrected chi connectivity index (χ0v) is 14.2. The topological polar surface area (TPSA) is 46.6 Å². The monoisotopic (exact) mass is 369 g/mol. The van der Waals surface area contributed by atoms with Crippen molar-refractivity contribution in [3.8, 4) is 5.75 Å². The zero-order valence-electron chi connectivity index (χ0n) is 11.8. The van der Waals surface area contributed by atoms with E-state index in [1.165, 1.54) is 11.4 Å². The van der Waals surface area contributed by atoms with Crippen LogP contribution in [0.1, 0.15) is 6.92 Å². The maximum Gasteiger partial charge on any atom is 0.264 e. The van der Waals surface area contributed by atoms with Gasteiger partial charge in [0.05, 0.1) is 17.2 Å². The van der Waals surface area contributed by atoms with Crippen molar-refractivity contribution in [1.29, 1.82) is 0 Å². The second-order valence-electron chi connectivity index (χ2n) is 4.35. The van der Waals surface area contributed by atoms with E-state index in [-0.39, 0.29) is 4.90 Å². The normalized spacial score (nSPS) is 11.2. The van der Waals surface area contributed by atoms with Crippen LogP contribution in [0.4, 0.5) is 5.69 Å². The fraction of sp³-hybridized carbons (Fsp3) is 0.200. The Bertz CT molecular complexity index is 697. The highest BCUT2D eigenvalue weighted by Gasteiger charge is 2.21. The highest BCUT2D eigenvalue weighted by Crippen LogP contribution is 2.25. The van der Waals surface area contributed by atoms with Gasteiger partial charge in [0.1, 0.15) is 5.75 Å². The number of benzene rings is 2. The van der Waals surface area contributed by atoms with E-state index in [0.717, 1.165) is 10.2 Å². The molecule has 4 nitrogen and oxygen atoms in total. The van der Waals surface area contributed by atoms with Crippen molar-refractivity contribution in [3.63, 3.8) is 0 Å². The molecule has 0 N–H and O–H groups in total. The minimum Gasteiger partial charge on any atom is -0.494 e. The van der Waals surface area contributed by atoms with Crippen LogP contribution in [0.25, 0.3) is 0 Å². The predicted molar refractivity (Wildman–Crippen MR) is 87.3 cm³/mol. The number of hydrogen-bond donors (Lipinski definition) is 0. The molecule has 0 heterocycles. The average molecular weight is 370 g/mol. The van der Waals surface area contributed by atoms with E-state index in [1.807, 2.05) is 6.92 Å². The van der Waals surface area contributed by atoms with E-state index >= 15 is 0 Å². The van der Waals surface area contributed by atoms with Gasteiger partial charge in [0, 0.05) is 11.5 Å². The van der Waals surface area contributed by atoms with Crippen molar-refractivity contribution in [2.45, 2.75) is 11.8 Å². The number of halogens is 1. The highest BCUT2D eigenvalue weighted by atomic mass is 79.9. The Kier molecular flexibility index (Phi) is 4.90. The Balaban J connectivity index is 2.29. The molecule has 0 unspecified atom stereocenters. The number of nitrogens with zero attached hydrogens (tertiary/aromatic N) is 1. The van der Waals surface area contributed by atoms with Gasteiger partial charge in [-0.2, -0.15) is 0 Å². The first-order valence-corrected chi connectivity index (χ1v) is 8.66. The van der Waals surface area contributed by atoms with E-state index < -0.39 is 10.0 Å². The molecule has 0 aliphatic carbocycles. The summed E-state index contributed by atoms with van der Waals surface area (Å²) in [5.74, 6) is 0.718. The van der Waals surface area contributed by atoms with Crippen molar-refractivity contribution in [2.24, 2.45) is 0 Å². The Morgan fingerprint density at radius 2 is 1.62 bits per heavy atom. The quantitative estimate of drug-likeness (QED) is 0.807.